The first-order chi connectivity index (χ1) is 9.43. The van der Waals surface area contributed by atoms with Gasteiger partial charge in [-0.25, -0.2) is 0 Å². The number of unbranched alkanes of at least 4 members (excludes halogenated alkanes) is 1. The fraction of sp³-hybridized carbons (Fsp3) is 0.692. The highest BCUT2D eigenvalue weighted by atomic mass is 32.1. The minimum absolute atomic E-state index is 0.00591. The topological polar surface area (TPSA) is 84.0 Å². The predicted octanol–water partition coefficient (Wildman–Crippen LogP) is 1.98. The molecule has 0 bridgehead atoms. The van der Waals surface area contributed by atoms with E-state index in [1.54, 1.807) is 0 Å². The largest absolute Gasteiger partial charge is 0.344 e. The Kier molecular flexibility index (Phi) is 6.57. The quantitative estimate of drug-likeness (QED) is 0.806. The van der Waals surface area contributed by atoms with Gasteiger partial charge in [0.2, 0.25) is 16.9 Å². The van der Waals surface area contributed by atoms with Gasteiger partial charge in [-0.3, -0.25) is 14.9 Å². The lowest BCUT2D eigenvalue weighted by atomic mass is 10.0. The van der Waals surface area contributed by atoms with Gasteiger partial charge < -0.3 is 5.32 Å². The molecule has 0 radical (unpaired) electrons. The van der Waals surface area contributed by atoms with E-state index < -0.39 is 6.04 Å². The highest BCUT2D eigenvalue weighted by Gasteiger charge is 2.23. The van der Waals surface area contributed by atoms with Gasteiger partial charge >= 0.3 is 0 Å². The average molecular weight is 298 g/mol. The minimum Gasteiger partial charge on any atom is -0.344 e. The highest BCUT2D eigenvalue weighted by Crippen LogP contribution is 2.18. The third kappa shape index (κ3) is 5.24. The number of aryl methyl sites for hydroxylation is 1. The summed E-state index contributed by atoms with van der Waals surface area (Å²) in [7, 11) is 0. The molecular weight excluding hydrogens is 276 g/mol. The van der Waals surface area contributed by atoms with Crippen LogP contribution in [0.3, 0.4) is 0 Å². The van der Waals surface area contributed by atoms with Crippen molar-refractivity contribution in [3.8, 4) is 0 Å². The van der Waals surface area contributed by atoms with Crippen LogP contribution in [0.15, 0.2) is 0 Å². The first kappa shape index (κ1) is 16.6. The van der Waals surface area contributed by atoms with Crippen LogP contribution in [-0.4, -0.2) is 28.1 Å². The van der Waals surface area contributed by atoms with Crippen LogP contribution in [0.5, 0.6) is 0 Å². The standard InChI is InChI=1S/C13H22N4O2S/c1-5-6-7-10-16-17-13(20-10)15-12(19)11(8(2)3)14-9(4)18/h8,11H,5-7H2,1-4H3,(H,14,18)(H,15,17,19)/t11-/m0/s1. The molecule has 6 nitrogen and oxygen atoms in total. The first-order valence-electron chi connectivity index (χ1n) is 6.84. The molecule has 2 N–H and O–H groups in total. The molecule has 2 amide bonds. The van der Waals surface area contributed by atoms with Crippen LogP contribution in [0.25, 0.3) is 0 Å². The lowest BCUT2D eigenvalue weighted by Gasteiger charge is -2.19. The molecule has 0 saturated heterocycles. The summed E-state index contributed by atoms with van der Waals surface area (Å²) in [5.74, 6) is -0.473. The molecule has 1 aromatic heterocycles. The van der Waals surface area contributed by atoms with E-state index in [1.807, 2.05) is 13.8 Å². The number of nitrogens with one attached hydrogen (secondary N) is 2. The second kappa shape index (κ2) is 7.94. The molecular formula is C13H22N4O2S. The van der Waals surface area contributed by atoms with E-state index in [0.29, 0.717) is 5.13 Å². The molecule has 20 heavy (non-hydrogen) atoms. The maximum absolute atomic E-state index is 12.1. The van der Waals surface area contributed by atoms with Crippen molar-refractivity contribution in [1.29, 1.82) is 0 Å². The number of hydrogen-bond acceptors (Lipinski definition) is 5. The number of carbonyl (C=O) groups excluding carboxylic acids is 2. The monoisotopic (exact) mass is 298 g/mol. The van der Waals surface area contributed by atoms with Gasteiger partial charge in [0.15, 0.2) is 0 Å². The summed E-state index contributed by atoms with van der Waals surface area (Å²) in [6.07, 6.45) is 3.03. The van der Waals surface area contributed by atoms with Crippen LogP contribution in [0, 0.1) is 5.92 Å². The minimum atomic E-state index is -0.560. The van der Waals surface area contributed by atoms with Crippen molar-refractivity contribution >= 4 is 28.3 Å². The molecule has 1 atom stereocenters. The number of rotatable bonds is 7. The summed E-state index contributed by atoms with van der Waals surface area (Å²) >= 11 is 1.38. The van der Waals surface area contributed by atoms with Crippen molar-refractivity contribution in [2.45, 2.75) is 53.0 Å². The Bertz CT molecular complexity index is 459. The van der Waals surface area contributed by atoms with E-state index in [2.05, 4.69) is 27.8 Å². The Labute approximate surface area is 123 Å². The van der Waals surface area contributed by atoms with Gasteiger partial charge in [-0.05, 0) is 12.3 Å². The van der Waals surface area contributed by atoms with Crippen molar-refractivity contribution in [1.82, 2.24) is 15.5 Å². The molecule has 1 heterocycles. The maximum Gasteiger partial charge on any atom is 0.249 e. The number of amides is 2. The lowest BCUT2D eigenvalue weighted by molar-refractivity contribution is -0.126. The zero-order valence-corrected chi connectivity index (χ0v) is 13.2. The van der Waals surface area contributed by atoms with Crippen LogP contribution in [0.4, 0.5) is 5.13 Å². The number of anilines is 1. The highest BCUT2D eigenvalue weighted by molar-refractivity contribution is 7.15. The first-order valence-corrected chi connectivity index (χ1v) is 7.66. The molecule has 0 fully saturated rings. The Morgan fingerprint density at radius 3 is 2.55 bits per heavy atom. The van der Waals surface area contributed by atoms with E-state index in [-0.39, 0.29) is 17.7 Å². The lowest BCUT2D eigenvalue weighted by Crippen LogP contribution is -2.46. The van der Waals surface area contributed by atoms with Crippen LogP contribution in [0.2, 0.25) is 0 Å². The number of carbonyl (C=O) groups is 2. The van der Waals surface area contributed by atoms with Gasteiger partial charge in [0, 0.05) is 13.3 Å². The molecule has 1 aromatic rings. The summed E-state index contributed by atoms with van der Waals surface area (Å²) < 4.78 is 0. The zero-order chi connectivity index (χ0) is 15.1. The fourth-order valence-corrected chi connectivity index (χ4v) is 2.45. The second-order valence-corrected chi connectivity index (χ2v) is 6.08. The fourth-order valence-electron chi connectivity index (χ4n) is 1.67. The maximum atomic E-state index is 12.1. The molecule has 112 valence electrons. The number of aromatic nitrogens is 2. The second-order valence-electron chi connectivity index (χ2n) is 5.02. The molecule has 0 saturated carbocycles. The Morgan fingerprint density at radius 1 is 1.30 bits per heavy atom. The Hall–Kier alpha value is -1.50. The number of nitrogens with zero attached hydrogens (tertiary/aromatic N) is 2. The van der Waals surface area contributed by atoms with Crippen LogP contribution in [0.1, 0.15) is 45.5 Å². The van der Waals surface area contributed by atoms with Crippen molar-refractivity contribution in [3.63, 3.8) is 0 Å². The van der Waals surface area contributed by atoms with Gasteiger partial charge in [-0.2, -0.15) is 0 Å². The summed E-state index contributed by atoms with van der Waals surface area (Å²) in [6, 6.07) is -0.560. The summed E-state index contributed by atoms with van der Waals surface area (Å²) in [5.41, 5.74) is 0. The van der Waals surface area contributed by atoms with E-state index in [4.69, 9.17) is 0 Å². The summed E-state index contributed by atoms with van der Waals surface area (Å²) in [5, 5.41) is 14.8. The molecule has 0 aliphatic heterocycles. The molecule has 0 aromatic carbocycles. The van der Waals surface area contributed by atoms with E-state index in [0.717, 1.165) is 24.3 Å². The van der Waals surface area contributed by atoms with Crippen molar-refractivity contribution in [2.75, 3.05) is 5.32 Å². The molecule has 0 unspecified atom stereocenters. The summed E-state index contributed by atoms with van der Waals surface area (Å²) in [6.45, 7) is 7.28. The van der Waals surface area contributed by atoms with Crippen molar-refractivity contribution < 1.29 is 9.59 Å². The van der Waals surface area contributed by atoms with Gasteiger partial charge in [0.1, 0.15) is 11.0 Å². The summed E-state index contributed by atoms with van der Waals surface area (Å²) in [4.78, 5) is 23.2. The van der Waals surface area contributed by atoms with Gasteiger partial charge in [0.25, 0.3) is 0 Å². The smallest absolute Gasteiger partial charge is 0.249 e. The average Bonchev–Trinajstić information content (AvgIpc) is 2.80. The predicted molar refractivity (Wildman–Crippen MR) is 79.6 cm³/mol. The van der Waals surface area contributed by atoms with Gasteiger partial charge in [-0.15, -0.1) is 10.2 Å². The molecule has 0 aliphatic rings. The molecule has 0 spiro atoms. The van der Waals surface area contributed by atoms with Crippen molar-refractivity contribution in [2.24, 2.45) is 5.92 Å². The Balaban J connectivity index is 2.63. The molecule has 1 rings (SSSR count). The zero-order valence-electron chi connectivity index (χ0n) is 12.4. The molecule has 0 aliphatic carbocycles. The van der Waals surface area contributed by atoms with Crippen LogP contribution >= 0.6 is 11.3 Å². The van der Waals surface area contributed by atoms with Crippen LogP contribution in [-0.2, 0) is 16.0 Å². The SMILES string of the molecule is CCCCc1nnc(NC(=O)[C@@H](NC(C)=O)C(C)C)s1. The third-order valence-corrected chi connectivity index (χ3v) is 3.65. The number of hydrogen-bond donors (Lipinski definition) is 2. The molecule has 7 heteroatoms. The van der Waals surface area contributed by atoms with E-state index in [1.165, 1.54) is 18.3 Å². The van der Waals surface area contributed by atoms with Crippen molar-refractivity contribution in [3.05, 3.63) is 5.01 Å². The van der Waals surface area contributed by atoms with E-state index >= 15 is 0 Å². The van der Waals surface area contributed by atoms with E-state index in [9.17, 15) is 9.59 Å². The van der Waals surface area contributed by atoms with Gasteiger partial charge in [0.05, 0.1) is 0 Å². The normalized spacial score (nSPS) is 12.2. The van der Waals surface area contributed by atoms with Crippen LogP contribution < -0.4 is 10.6 Å². The van der Waals surface area contributed by atoms with Gasteiger partial charge in [-0.1, -0.05) is 38.5 Å². The third-order valence-electron chi connectivity index (χ3n) is 2.75. The Morgan fingerprint density at radius 2 is 2.00 bits per heavy atom.